The van der Waals surface area contributed by atoms with E-state index in [4.69, 9.17) is 28.4 Å². The molecule has 8 heteroatoms. The third kappa shape index (κ3) is 6.45. The van der Waals surface area contributed by atoms with E-state index in [0.29, 0.717) is 24.3 Å². The van der Waals surface area contributed by atoms with Gasteiger partial charge in [-0.2, -0.15) is 0 Å². The highest BCUT2D eigenvalue weighted by Gasteiger charge is 2.47. The molecule has 2 heterocycles. The smallest absolute Gasteiger partial charge is 0.338 e. The molecule has 8 nitrogen and oxygen atoms in total. The summed E-state index contributed by atoms with van der Waals surface area (Å²) in [5.74, 6) is 0.517. The van der Waals surface area contributed by atoms with Crippen LogP contribution >= 0.6 is 0 Å². The lowest BCUT2D eigenvalue weighted by Crippen LogP contribution is -2.29. The quantitative estimate of drug-likeness (QED) is 0.145. The molecule has 2 fully saturated rings. The van der Waals surface area contributed by atoms with Crippen LogP contribution in [-0.2, 0) is 18.9 Å². The maximum Gasteiger partial charge on any atom is 0.338 e. The van der Waals surface area contributed by atoms with Crippen LogP contribution in [0.5, 0.6) is 11.5 Å². The zero-order valence-electron chi connectivity index (χ0n) is 25.0. The van der Waals surface area contributed by atoms with Gasteiger partial charge < -0.3 is 28.4 Å². The summed E-state index contributed by atoms with van der Waals surface area (Å²) in [6.45, 7) is 11.1. The molecule has 2 saturated heterocycles. The van der Waals surface area contributed by atoms with E-state index < -0.39 is 18.0 Å². The summed E-state index contributed by atoms with van der Waals surface area (Å²) in [7, 11) is 0. The summed E-state index contributed by atoms with van der Waals surface area (Å²) in [6, 6.07) is 22.2. The van der Waals surface area contributed by atoms with Crippen LogP contribution in [0.2, 0.25) is 0 Å². The van der Waals surface area contributed by atoms with Gasteiger partial charge in [0.15, 0.2) is 0 Å². The fraction of sp³-hybridized carbons (Fsp3) is 0.371. The van der Waals surface area contributed by atoms with Crippen LogP contribution in [-0.4, -0.2) is 61.3 Å². The molecule has 4 aromatic carbocycles. The van der Waals surface area contributed by atoms with Gasteiger partial charge in [0, 0.05) is 0 Å². The second kappa shape index (κ2) is 11.2. The van der Waals surface area contributed by atoms with Crippen LogP contribution in [0.25, 0.3) is 21.5 Å². The van der Waals surface area contributed by atoms with Gasteiger partial charge in [0.2, 0.25) is 0 Å². The Hall–Kier alpha value is -4.14. The Labute approximate surface area is 250 Å². The topological polar surface area (TPSA) is 96.1 Å². The fourth-order valence-corrected chi connectivity index (χ4v) is 4.76. The molecule has 0 N–H and O–H groups in total. The molecule has 0 amide bonds. The number of carbonyl (C=O) groups excluding carboxylic acids is 2. The molecule has 43 heavy (non-hydrogen) atoms. The van der Waals surface area contributed by atoms with Crippen LogP contribution in [0.1, 0.15) is 55.3 Å². The summed E-state index contributed by atoms with van der Waals surface area (Å²) in [5, 5.41) is 3.67. The maximum atomic E-state index is 12.8. The number of epoxide rings is 2. The molecule has 0 aliphatic carbocycles. The number of ether oxygens (including phenoxy) is 6. The number of carbonyl (C=O) groups is 2. The minimum Gasteiger partial charge on any atom is -0.488 e. The molecule has 6 rings (SSSR count). The number of hydrogen-bond acceptors (Lipinski definition) is 8. The third-order valence-electron chi connectivity index (χ3n) is 8.40. The highest BCUT2D eigenvalue weighted by molar-refractivity contribution is 5.97. The molecule has 0 radical (unpaired) electrons. The minimum absolute atomic E-state index is 0.0645. The van der Waals surface area contributed by atoms with Crippen molar-refractivity contribution in [2.24, 2.45) is 0 Å². The Morgan fingerprint density at radius 2 is 1.09 bits per heavy atom. The van der Waals surface area contributed by atoms with Gasteiger partial charge in [-0.15, -0.1) is 0 Å². The van der Waals surface area contributed by atoms with Crippen molar-refractivity contribution >= 4 is 33.5 Å². The van der Waals surface area contributed by atoms with Gasteiger partial charge in [-0.05, 0) is 105 Å². The van der Waals surface area contributed by atoms with Crippen LogP contribution < -0.4 is 9.47 Å². The van der Waals surface area contributed by atoms with Crippen molar-refractivity contribution < 1.29 is 38.0 Å². The SMILES string of the molecule is CC(COC(=O)c1ccc2cc(OC(C)C3(C)CO3)ccc2c1)OC(=O)c1ccc2cc(OC(C)C3(C)CO3)ccc2c1. The molecule has 5 unspecified atom stereocenters. The van der Waals surface area contributed by atoms with E-state index in [1.807, 2.05) is 76.2 Å². The molecule has 224 valence electrons. The number of rotatable bonds is 11. The summed E-state index contributed by atoms with van der Waals surface area (Å²) < 4.78 is 34.0. The molecule has 0 saturated carbocycles. The number of benzene rings is 4. The lowest BCUT2D eigenvalue weighted by atomic mass is 10.1. The maximum absolute atomic E-state index is 12.8. The minimum atomic E-state index is -0.630. The van der Waals surface area contributed by atoms with Gasteiger partial charge in [0.05, 0.1) is 24.3 Å². The average Bonchev–Trinajstić information content (AvgIpc) is 3.93. The monoisotopic (exact) mass is 584 g/mol. The fourth-order valence-electron chi connectivity index (χ4n) is 4.76. The van der Waals surface area contributed by atoms with Crippen molar-refractivity contribution in [1.29, 1.82) is 0 Å². The van der Waals surface area contributed by atoms with E-state index >= 15 is 0 Å². The first kappa shape index (κ1) is 29.0. The second-order valence-electron chi connectivity index (χ2n) is 12.0. The molecule has 2 aliphatic heterocycles. The van der Waals surface area contributed by atoms with Crippen molar-refractivity contribution in [3.63, 3.8) is 0 Å². The summed E-state index contributed by atoms with van der Waals surface area (Å²) in [6.07, 6.45) is -0.759. The van der Waals surface area contributed by atoms with Crippen LogP contribution in [0.3, 0.4) is 0 Å². The number of hydrogen-bond donors (Lipinski definition) is 0. The lowest BCUT2D eigenvalue weighted by molar-refractivity contribution is 0.00450. The van der Waals surface area contributed by atoms with E-state index in [9.17, 15) is 9.59 Å². The standard InChI is InChI=1S/C35H36O8/c1-21(41-33(37)29-9-7-27-17-31(13-11-25(27)15-29)43-23(3)35(5)20-40-35)18-38-32(36)28-8-6-26-16-30(12-10-24(26)14-28)42-22(2)34(4)19-39-34/h6-17,21-23H,18-20H2,1-5H3. The molecular formula is C35H36O8. The molecule has 0 bridgehead atoms. The highest BCUT2D eigenvalue weighted by Crippen LogP contribution is 2.34. The zero-order valence-corrected chi connectivity index (χ0v) is 25.0. The first-order valence-electron chi connectivity index (χ1n) is 14.6. The van der Waals surface area contributed by atoms with Gasteiger partial charge in [-0.25, -0.2) is 9.59 Å². The van der Waals surface area contributed by atoms with Crippen LogP contribution in [0.4, 0.5) is 0 Å². The van der Waals surface area contributed by atoms with Gasteiger partial charge in [0.1, 0.15) is 47.6 Å². The number of fused-ring (bicyclic) bond motifs is 2. The van der Waals surface area contributed by atoms with E-state index in [1.54, 1.807) is 31.2 Å². The first-order chi connectivity index (χ1) is 20.5. The molecule has 0 spiro atoms. The Morgan fingerprint density at radius 3 is 1.56 bits per heavy atom. The van der Waals surface area contributed by atoms with Crippen LogP contribution in [0.15, 0.2) is 72.8 Å². The predicted octanol–water partition coefficient (Wildman–Crippen LogP) is 6.51. The summed E-state index contributed by atoms with van der Waals surface area (Å²) >= 11 is 0. The third-order valence-corrected chi connectivity index (χ3v) is 8.40. The van der Waals surface area contributed by atoms with Crippen molar-refractivity contribution in [2.75, 3.05) is 19.8 Å². The lowest BCUT2D eigenvalue weighted by Gasteiger charge is -2.18. The molecule has 4 aromatic rings. The molecular weight excluding hydrogens is 548 g/mol. The largest absolute Gasteiger partial charge is 0.488 e. The molecule has 0 aromatic heterocycles. The summed E-state index contributed by atoms with van der Waals surface area (Å²) in [5.41, 5.74) is 0.370. The first-order valence-corrected chi connectivity index (χ1v) is 14.6. The van der Waals surface area contributed by atoms with Gasteiger partial charge >= 0.3 is 11.9 Å². The van der Waals surface area contributed by atoms with Crippen LogP contribution in [0, 0.1) is 0 Å². The van der Waals surface area contributed by atoms with E-state index in [2.05, 4.69) is 0 Å². The van der Waals surface area contributed by atoms with Crippen molar-refractivity contribution in [2.45, 2.75) is 64.1 Å². The summed E-state index contributed by atoms with van der Waals surface area (Å²) in [4.78, 5) is 25.6. The van der Waals surface area contributed by atoms with Crippen molar-refractivity contribution in [1.82, 2.24) is 0 Å². The Kier molecular flexibility index (Phi) is 7.52. The molecule has 2 aliphatic rings. The highest BCUT2D eigenvalue weighted by atomic mass is 16.6. The van der Waals surface area contributed by atoms with Crippen molar-refractivity contribution in [3.05, 3.63) is 83.9 Å². The van der Waals surface area contributed by atoms with Crippen molar-refractivity contribution in [3.8, 4) is 11.5 Å². The van der Waals surface area contributed by atoms with E-state index in [-0.39, 0.29) is 30.0 Å². The van der Waals surface area contributed by atoms with Gasteiger partial charge in [-0.3, -0.25) is 0 Å². The predicted molar refractivity (Wildman–Crippen MR) is 162 cm³/mol. The number of esters is 2. The Morgan fingerprint density at radius 1 is 0.674 bits per heavy atom. The normalized spacial score (nSPS) is 22.8. The second-order valence-corrected chi connectivity index (χ2v) is 12.0. The zero-order chi connectivity index (χ0) is 30.4. The Balaban J connectivity index is 1.02. The van der Waals surface area contributed by atoms with Gasteiger partial charge in [-0.1, -0.05) is 24.3 Å². The average molecular weight is 585 g/mol. The van der Waals surface area contributed by atoms with E-state index in [1.165, 1.54) is 0 Å². The molecule has 5 atom stereocenters. The van der Waals surface area contributed by atoms with E-state index in [0.717, 1.165) is 33.0 Å². The Bertz CT molecular complexity index is 1690. The van der Waals surface area contributed by atoms with Gasteiger partial charge in [0.25, 0.3) is 0 Å².